The second-order valence-electron chi connectivity index (χ2n) is 3.78. The molecule has 0 fully saturated rings. The first-order chi connectivity index (χ1) is 8.97. The van der Waals surface area contributed by atoms with Crippen molar-refractivity contribution < 1.29 is 14.6 Å². The summed E-state index contributed by atoms with van der Waals surface area (Å²) >= 11 is 10.8. The van der Waals surface area contributed by atoms with Crippen LogP contribution in [0.1, 0.15) is 5.56 Å². The molecule has 0 atom stereocenters. The van der Waals surface area contributed by atoms with E-state index in [1.54, 1.807) is 0 Å². The number of thiocarbonyl (C=S) groups is 1. The van der Waals surface area contributed by atoms with Crippen molar-refractivity contribution in [2.45, 2.75) is 0 Å². The molecule has 2 aromatic carbocycles. The van der Waals surface area contributed by atoms with Crippen molar-refractivity contribution in [1.82, 2.24) is 0 Å². The lowest BCUT2D eigenvalue weighted by Crippen LogP contribution is -2.10. The first-order valence-corrected chi connectivity index (χ1v) is 6.04. The molecule has 0 unspecified atom stereocenters. The van der Waals surface area contributed by atoms with Crippen LogP contribution in [0.4, 0.5) is 10.1 Å². The average Bonchev–Trinajstić information content (AvgIpc) is 2.33. The van der Waals surface area contributed by atoms with E-state index in [0.717, 1.165) is 0 Å². The van der Waals surface area contributed by atoms with Crippen LogP contribution in [0.3, 0.4) is 0 Å². The molecule has 3 nitrogen and oxygen atoms in total. The molecule has 98 valence electrons. The second-order valence-corrected chi connectivity index (χ2v) is 4.60. The summed E-state index contributed by atoms with van der Waals surface area (Å²) in [7, 11) is 0. The number of phenols is 2. The maximum Gasteiger partial charge on any atom is 0.141 e. The second kappa shape index (κ2) is 5.42. The number of aromatic hydroxyl groups is 2. The molecule has 0 saturated heterocycles. The van der Waals surface area contributed by atoms with Crippen molar-refractivity contribution >= 4 is 34.5 Å². The smallest absolute Gasteiger partial charge is 0.141 e. The van der Waals surface area contributed by atoms with E-state index in [4.69, 9.17) is 23.8 Å². The number of anilines is 1. The molecule has 0 aliphatic rings. The SMILES string of the molecule is Oc1ccc(C(=S)Nc2ccc(F)c(Cl)c2)c(O)c1. The van der Waals surface area contributed by atoms with Crippen LogP contribution in [-0.2, 0) is 0 Å². The molecule has 2 aromatic rings. The number of hydrogen-bond acceptors (Lipinski definition) is 3. The predicted octanol–water partition coefficient (Wildman–Crippen LogP) is 3.68. The van der Waals surface area contributed by atoms with Gasteiger partial charge in [-0.3, -0.25) is 0 Å². The van der Waals surface area contributed by atoms with Crippen LogP contribution in [0.2, 0.25) is 5.02 Å². The summed E-state index contributed by atoms with van der Waals surface area (Å²) in [6.45, 7) is 0. The number of hydrogen-bond donors (Lipinski definition) is 3. The third-order valence-corrected chi connectivity index (χ3v) is 3.02. The van der Waals surface area contributed by atoms with E-state index in [1.807, 2.05) is 0 Å². The van der Waals surface area contributed by atoms with E-state index in [1.165, 1.54) is 36.4 Å². The summed E-state index contributed by atoms with van der Waals surface area (Å²) < 4.78 is 13.0. The van der Waals surface area contributed by atoms with Crippen LogP contribution in [0.5, 0.6) is 11.5 Å². The molecule has 0 heterocycles. The summed E-state index contributed by atoms with van der Waals surface area (Å²) in [5, 5.41) is 21.7. The Labute approximate surface area is 119 Å². The third-order valence-electron chi connectivity index (χ3n) is 2.40. The standard InChI is InChI=1S/C13H9ClFNO2S/c14-10-5-7(1-4-11(10)15)16-13(19)9-3-2-8(17)6-12(9)18/h1-6,17-18H,(H,16,19). The molecule has 3 N–H and O–H groups in total. The molecule has 19 heavy (non-hydrogen) atoms. The normalized spacial score (nSPS) is 10.2. The van der Waals surface area contributed by atoms with Gasteiger partial charge in [-0.25, -0.2) is 4.39 Å². The fourth-order valence-corrected chi connectivity index (χ4v) is 1.96. The van der Waals surface area contributed by atoms with Gasteiger partial charge in [0.25, 0.3) is 0 Å². The van der Waals surface area contributed by atoms with Crippen LogP contribution in [0.25, 0.3) is 0 Å². The van der Waals surface area contributed by atoms with Gasteiger partial charge in [0, 0.05) is 11.8 Å². The van der Waals surface area contributed by atoms with E-state index < -0.39 is 5.82 Å². The van der Waals surface area contributed by atoms with Crippen molar-refractivity contribution in [3.63, 3.8) is 0 Å². The Balaban J connectivity index is 2.23. The zero-order valence-corrected chi connectivity index (χ0v) is 11.1. The molecule has 0 aromatic heterocycles. The summed E-state index contributed by atoms with van der Waals surface area (Å²) in [6, 6.07) is 8.14. The highest BCUT2D eigenvalue weighted by atomic mass is 35.5. The van der Waals surface area contributed by atoms with Crippen LogP contribution in [0.15, 0.2) is 36.4 Å². The van der Waals surface area contributed by atoms with Crippen LogP contribution >= 0.6 is 23.8 Å². The van der Waals surface area contributed by atoms with E-state index in [9.17, 15) is 14.6 Å². The van der Waals surface area contributed by atoms with Crippen molar-refractivity contribution in [3.05, 3.63) is 52.8 Å². The Morgan fingerprint density at radius 1 is 1.16 bits per heavy atom. The minimum Gasteiger partial charge on any atom is -0.508 e. The number of rotatable bonds is 2. The topological polar surface area (TPSA) is 52.5 Å². The van der Waals surface area contributed by atoms with Gasteiger partial charge in [-0.1, -0.05) is 23.8 Å². The minimum atomic E-state index is -0.523. The highest BCUT2D eigenvalue weighted by Crippen LogP contribution is 2.25. The van der Waals surface area contributed by atoms with Crippen molar-refractivity contribution in [2.75, 3.05) is 5.32 Å². The summed E-state index contributed by atoms with van der Waals surface area (Å²) in [5.41, 5.74) is 0.858. The summed E-state index contributed by atoms with van der Waals surface area (Å²) in [6.07, 6.45) is 0. The van der Waals surface area contributed by atoms with Crippen molar-refractivity contribution in [1.29, 1.82) is 0 Å². The first-order valence-electron chi connectivity index (χ1n) is 5.26. The molecule has 0 aliphatic heterocycles. The van der Waals surface area contributed by atoms with Crippen molar-refractivity contribution in [3.8, 4) is 11.5 Å². The van der Waals surface area contributed by atoms with E-state index in [2.05, 4.69) is 5.32 Å². The van der Waals surface area contributed by atoms with E-state index >= 15 is 0 Å². The Hall–Kier alpha value is -1.85. The van der Waals surface area contributed by atoms with Crippen molar-refractivity contribution in [2.24, 2.45) is 0 Å². The molecular formula is C13H9ClFNO2S. The van der Waals surface area contributed by atoms with Gasteiger partial charge in [-0.2, -0.15) is 0 Å². The number of benzene rings is 2. The van der Waals surface area contributed by atoms with E-state index in [0.29, 0.717) is 11.3 Å². The third kappa shape index (κ3) is 3.13. The Morgan fingerprint density at radius 2 is 1.89 bits per heavy atom. The number of phenolic OH excluding ortho intramolecular Hbond substituents is 2. The van der Waals surface area contributed by atoms with Gasteiger partial charge < -0.3 is 15.5 Å². The molecule has 0 saturated carbocycles. The quantitative estimate of drug-likeness (QED) is 0.740. The largest absolute Gasteiger partial charge is 0.508 e. The van der Waals surface area contributed by atoms with E-state index in [-0.39, 0.29) is 21.5 Å². The van der Waals surface area contributed by atoms with Crippen LogP contribution in [-0.4, -0.2) is 15.2 Å². The molecule has 0 aliphatic carbocycles. The zero-order valence-electron chi connectivity index (χ0n) is 9.52. The van der Waals surface area contributed by atoms with Gasteiger partial charge in [0.05, 0.1) is 10.6 Å². The van der Waals surface area contributed by atoms with Gasteiger partial charge >= 0.3 is 0 Å². The Morgan fingerprint density at radius 3 is 2.53 bits per heavy atom. The predicted molar refractivity (Wildman–Crippen MR) is 76.5 cm³/mol. The number of halogens is 2. The van der Waals surface area contributed by atoms with Gasteiger partial charge in [-0.05, 0) is 30.3 Å². The Kier molecular flexibility index (Phi) is 3.87. The van der Waals surface area contributed by atoms with Gasteiger partial charge in [0.1, 0.15) is 22.3 Å². The van der Waals surface area contributed by atoms with Gasteiger partial charge in [0.2, 0.25) is 0 Å². The fraction of sp³-hybridized carbons (Fsp3) is 0. The van der Waals surface area contributed by atoms with Gasteiger partial charge in [0.15, 0.2) is 0 Å². The molecule has 0 radical (unpaired) electrons. The molecule has 6 heteroatoms. The van der Waals surface area contributed by atoms with Gasteiger partial charge in [-0.15, -0.1) is 0 Å². The minimum absolute atomic E-state index is 0.0253. The molecule has 0 spiro atoms. The molecular weight excluding hydrogens is 289 g/mol. The maximum atomic E-state index is 13.0. The lowest BCUT2D eigenvalue weighted by atomic mass is 10.2. The van der Waals surface area contributed by atoms with Crippen LogP contribution in [0, 0.1) is 5.82 Å². The molecule has 0 amide bonds. The molecule has 0 bridgehead atoms. The fourth-order valence-electron chi connectivity index (χ4n) is 1.48. The average molecular weight is 298 g/mol. The highest BCUT2D eigenvalue weighted by Gasteiger charge is 2.09. The monoisotopic (exact) mass is 297 g/mol. The zero-order chi connectivity index (χ0) is 14.0. The first kappa shape index (κ1) is 13.6. The highest BCUT2D eigenvalue weighted by molar-refractivity contribution is 7.81. The van der Waals surface area contributed by atoms with Crippen LogP contribution < -0.4 is 5.32 Å². The maximum absolute atomic E-state index is 13.0. The lowest BCUT2D eigenvalue weighted by molar-refractivity contribution is 0.450. The lowest BCUT2D eigenvalue weighted by Gasteiger charge is -2.10. The number of nitrogens with one attached hydrogen (secondary N) is 1. The summed E-state index contributed by atoms with van der Waals surface area (Å²) in [5.74, 6) is -0.731. The summed E-state index contributed by atoms with van der Waals surface area (Å²) in [4.78, 5) is 0.236. The Bertz CT molecular complexity index is 649. The molecule has 2 rings (SSSR count).